The summed E-state index contributed by atoms with van der Waals surface area (Å²) in [7, 11) is 1.56. The summed E-state index contributed by atoms with van der Waals surface area (Å²) in [5, 5.41) is 3.50. The number of para-hydroxylation sites is 1. The maximum Gasteiger partial charge on any atom is 0.255 e. The maximum atomic E-state index is 13.2. The third kappa shape index (κ3) is 4.14. The van der Waals surface area contributed by atoms with E-state index in [1.165, 1.54) is 0 Å². The van der Waals surface area contributed by atoms with Crippen molar-refractivity contribution in [3.05, 3.63) is 89.7 Å². The van der Waals surface area contributed by atoms with E-state index in [-0.39, 0.29) is 17.5 Å². The summed E-state index contributed by atoms with van der Waals surface area (Å²) in [6, 6.07) is 20.7. The first-order chi connectivity index (χ1) is 15.1. The Morgan fingerprint density at radius 2 is 1.52 bits per heavy atom. The number of nitrogens with one attached hydrogen (secondary N) is 1. The zero-order valence-corrected chi connectivity index (χ0v) is 17.2. The molecule has 6 nitrogen and oxygen atoms in total. The summed E-state index contributed by atoms with van der Waals surface area (Å²) in [6.07, 6.45) is 0. The van der Waals surface area contributed by atoms with Crippen molar-refractivity contribution in [3.63, 3.8) is 0 Å². The molecule has 0 fully saturated rings. The minimum atomic E-state index is -0.352. The molecule has 1 aromatic heterocycles. The minimum absolute atomic E-state index is 0.0761. The fourth-order valence-electron chi connectivity index (χ4n) is 3.26. The average Bonchev–Trinajstić information content (AvgIpc) is 3.17. The van der Waals surface area contributed by atoms with Gasteiger partial charge in [0.05, 0.1) is 19.4 Å². The first kappa shape index (κ1) is 20.2. The summed E-state index contributed by atoms with van der Waals surface area (Å²) >= 11 is 0. The molecule has 4 rings (SSSR count). The molecule has 0 radical (unpaired) electrons. The standard InChI is InChI=1S/C25H21NO5/c1-3-30-19-14-8-16(9-15-19)23(27)24-22(20-6-4-5-7-21(20)31-24)26-25(28)17-10-12-18(29-2)13-11-17/h4-15H,3H2,1-2H3,(H,26,28). The van der Waals surface area contributed by atoms with E-state index in [0.29, 0.717) is 45.9 Å². The van der Waals surface area contributed by atoms with Crippen LogP contribution < -0.4 is 14.8 Å². The molecule has 0 unspecified atom stereocenters. The van der Waals surface area contributed by atoms with Crippen LogP contribution in [0.2, 0.25) is 0 Å². The number of carbonyl (C=O) groups excluding carboxylic acids is 2. The zero-order chi connectivity index (χ0) is 21.8. The number of anilines is 1. The molecule has 0 aliphatic rings. The Kier molecular flexibility index (Phi) is 5.71. The maximum absolute atomic E-state index is 13.2. The highest BCUT2D eigenvalue weighted by atomic mass is 16.5. The summed E-state index contributed by atoms with van der Waals surface area (Å²) in [4.78, 5) is 26.1. The molecule has 1 N–H and O–H groups in total. The number of benzene rings is 3. The smallest absolute Gasteiger partial charge is 0.255 e. The Labute approximate surface area is 179 Å². The second kappa shape index (κ2) is 8.75. The van der Waals surface area contributed by atoms with Crippen molar-refractivity contribution >= 4 is 28.3 Å². The van der Waals surface area contributed by atoms with E-state index in [9.17, 15) is 9.59 Å². The van der Waals surface area contributed by atoms with E-state index < -0.39 is 0 Å². The lowest BCUT2D eigenvalue weighted by molar-refractivity contribution is 0.101. The Balaban J connectivity index is 1.69. The van der Waals surface area contributed by atoms with Crippen LogP contribution >= 0.6 is 0 Å². The Hall–Kier alpha value is -4.06. The number of hydrogen-bond donors (Lipinski definition) is 1. The van der Waals surface area contributed by atoms with Gasteiger partial charge >= 0.3 is 0 Å². The molecule has 3 aromatic carbocycles. The van der Waals surface area contributed by atoms with Crippen molar-refractivity contribution in [1.29, 1.82) is 0 Å². The molecule has 0 aliphatic carbocycles. The van der Waals surface area contributed by atoms with Gasteiger partial charge in [-0.05, 0) is 67.6 Å². The predicted octanol–water partition coefficient (Wildman–Crippen LogP) is 5.32. The fraction of sp³-hybridized carbons (Fsp3) is 0.120. The first-order valence-corrected chi connectivity index (χ1v) is 9.85. The van der Waals surface area contributed by atoms with Gasteiger partial charge in [0.1, 0.15) is 17.1 Å². The molecule has 0 atom stereocenters. The lowest BCUT2D eigenvalue weighted by atomic mass is 10.1. The number of ketones is 1. The van der Waals surface area contributed by atoms with Crippen LogP contribution in [0.25, 0.3) is 11.0 Å². The molecule has 0 saturated heterocycles. The number of ether oxygens (including phenoxy) is 2. The first-order valence-electron chi connectivity index (χ1n) is 9.85. The number of carbonyl (C=O) groups is 2. The summed E-state index contributed by atoms with van der Waals surface area (Å²) < 4.78 is 16.4. The third-order valence-electron chi connectivity index (χ3n) is 4.82. The van der Waals surface area contributed by atoms with Crippen molar-refractivity contribution in [3.8, 4) is 11.5 Å². The predicted molar refractivity (Wildman–Crippen MR) is 118 cm³/mol. The van der Waals surface area contributed by atoms with Crippen molar-refractivity contribution in [2.75, 3.05) is 19.0 Å². The lowest BCUT2D eigenvalue weighted by Gasteiger charge is -2.08. The van der Waals surface area contributed by atoms with Crippen LogP contribution in [-0.2, 0) is 0 Å². The number of amides is 1. The molecule has 4 aromatic rings. The Bertz CT molecular complexity index is 1220. The van der Waals surface area contributed by atoms with Gasteiger partial charge in [0, 0.05) is 16.5 Å². The van der Waals surface area contributed by atoms with E-state index in [1.807, 2.05) is 19.1 Å². The van der Waals surface area contributed by atoms with Gasteiger partial charge in [0.25, 0.3) is 5.91 Å². The zero-order valence-electron chi connectivity index (χ0n) is 17.2. The van der Waals surface area contributed by atoms with E-state index in [2.05, 4.69) is 5.32 Å². The molecule has 0 aliphatic heterocycles. The largest absolute Gasteiger partial charge is 0.497 e. The molecule has 0 saturated carbocycles. The second-order valence-electron chi connectivity index (χ2n) is 6.77. The Morgan fingerprint density at radius 3 is 2.19 bits per heavy atom. The highest BCUT2D eigenvalue weighted by Gasteiger charge is 2.24. The van der Waals surface area contributed by atoms with Crippen molar-refractivity contribution < 1.29 is 23.5 Å². The van der Waals surface area contributed by atoms with E-state index >= 15 is 0 Å². The number of methoxy groups -OCH3 is 1. The molecule has 1 heterocycles. The van der Waals surface area contributed by atoms with Crippen LogP contribution in [0.4, 0.5) is 5.69 Å². The van der Waals surface area contributed by atoms with Gasteiger partial charge in [-0.15, -0.1) is 0 Å². The van der Waals surface area contributed by atoms with Gasteiger partial charge in [-0.1, -0.05) is 12.1 Å². The highest BCUT2D eigenvalue weighted by Crippen LogP contribution is 2.33. The van der Waals surface area contributed by atoms with Gasteiger partial charge < -0.3 is 19.2 Å². The summed E-state index contributed by atoms with van der Waals surface area (Å²) in [5.74, 6) is 0.722. The van der Waals surface area contributed by atoms with Crippen molar-refractivity contribution in [2.45, 2.75) is 6.92 Å². The average molecular weight is 415 g/mol. The lowest BCUT2D eigenvalue weighted by Crippen LogP contribution is -2.14. The van der Waals surface area contributed by atoms with E-state index in [1.54, 1.807) is 67.8 Å². The number of hydrogen-bond acceptors (Lipinski definition) is 5. The molecule has 0 bridgehead atoms. The molecule has 6 heteroatoms. The number of rotatable bonds is 7. The molecule has 156 valence electrons. The molecular weight excluding hydrogens is 394 g/mol. The van der Waals surface area contributed by atoms with Crippen molar-refractivity contribution in [1.82, 2.24) is 0 Å². The monoisotopic (exact) mass is 415 g/mol. The van der Waals surface area contributed by atoms with Crippen LogP contribution in [-0.4, -0.2) is 25.4 Å². The second-order valence-corrected chi connectivity index (χ2v) is 6.77. The molecular formula is C25H21NO5. The highest BCUT2D eigenvalue weighted by molar-refractivity contribution is 6.18. The number of furan rings is 1. The van der Waals surface area contributed by atoms with Crippen LogP contribution in [0.3, 0.4) is 0 Å². The molecule has 0 spiro atoms. The fourth-order valence-corrected chi connectivity index (χ4v) is 3.26. The van der Waals surface area contributed by atoms with Gasteiger partial charge in [-0.3, -0.25) is 9.59 Å². The van der Waals surface area contributed by atoms with Crippen LogP contribution in [0, 0.1) is 0 Å². The molecule has 1 amide bonds. The SMILES string of the molecule is CCOc1ccc(C(=O)c2oc3ccccc3c2NC(=O)c2ccc(OC)cc2)cc1. The van der Waals surface area contributed by atoms with Crippen LogP contribution in [0.1, 0.15) is 33.4 Å². The van der Waals surface area contributed by atoms with Gasteiger partial charge in [-0.2, -0.15) is 0 Å². The van der Waals surface area contributed by atoms with Gasteiger partial charge in [0.2, 0.25) is 5.78 Å². The van der Waals surface area contributed by atoms with E-state index in [0.717, 1.165) is 0 Å². The quantitative estimate of drug-likeness (QED) is 0.413. The third-order valence-corrected chi connectivity index (χ3v) is 4.82. The topological polar surface area (TPSA) is 77.8 Å². The van der Waals surface area contributed by atoms with Crippen molar-refractivity contribution in [2.24, 2.45) is 0 Å². The normalized spacial score (nSPS) is 10.6. The number of fused-ring (bicyclic) bond motifs is 1. The summed E-state index contributed by atoms with van der Waals surface area (Å²) in [6.45, 7) is 2.43. The minimum Gasteiger partial charge on any atom is -0.497 e. The van der Waals surface area contributed by atoms with Crippen LogP contribution in [0.5, 0.6) is 11.5 Å². The molecule has 31 heavy (non-hydrogen) atoms. The van der Waals surface area contributed by atoms with Crippen LogP contribution in [0.15, 0.2) is 77.2 Å². The van der Waals surface area contributed by atoms with Gasteiger partial charge in [-0.25, -0.2) is 0 Å². The van der Waals surface area contributed by atoms with E-state index in [4.69, 9.17) is 13.9 Å². The Morgan fingerprint density at radius 1 is 0.871 bits per heavy atom. The van der Waals surface area contributed by atoms with Gasteiger partial charge in [0.15, 0.2) is 5.76 Å². The summed E-state index contributed by atoms with van der Waals surface area (Å²) in [5.41, 5.74) is 1.73.